The Kier molecular flexibility index (Phi) is 4.75. The van der Waals surface area contributed by atoms with Crippen LogP contribution in [0.3, 0.4) is 0 Å². The molecule has 1 N–H and O–H groups in total. The van der Waals surface area contributed by atoms with E-state index in [1.807, 2.05) is 43.3 Å². The predicted molar refractivity (Wildman–Crippen MR) is 83.2 cm³/mol. The van der Waals surface area contributed by atoms with Crippen molar-refractivity contribution in [3.05, 3.63) is 59.7 Å². The van der Waals surface area contributed by atoms with E-state index < -0.39 is 8.77 Å². The van der Waals surface area contributed by atoms with E-state index in [-0.39, 0.29) is 0 Å². The van der Waals surface area contributed by atoms with Crippen molar-refractivity contribution in [2.45, 2.75) is 18.2 Å². The third-order valence-electron chi connectivity index (χ3n) is 2.88. The van der Waals surface area contributed by atoms with Gasteiger partial charge in [-0.3, -0.25) is 0 Å². The Morgan fingerprint density at radius 3 is 2.55 bits per heavy atom. The lowest BCUT2D eigenvalue weighted by molar-refractivity contribution is 0.321. The lowest BCUT2D eigenvalue weighted by atomic mass is 10.1. The van der Waals surface area contributed by atoms with Gasteiger partial charge in [-0.05, 0) is 30.7 Å². The average Bonchev–Trinajstić information content (AvgIpc) is 2.38. The molecule has 0 aliphatic rings. The molecule has 0 saturated heterocycles. The fraction of sp³-hybridized carbons (Fsp3) is 0.200. The fourth-order valence-corrected chi connectivity index (χ4v) is 3.17. The van der Waals surface area contributed by atoms with Gasteiger partial charge in [0.1, 0.15) is 5.75 Å². The Morgan fingerprint density at radius 1 is 1.20 bits per heavy atom. The highest BCUT2D eigenvalue weighted by molar-refractivity contribution is 8.29. The largest absolute Gasteiger partial charge is 0.493 e. The third-order valence-corrected chi connectivity index (χ3v) is 4.37. The number of aryl methyl sites for hydroxylation is 1. The SMILES string of the molecule is Cc1ccc(S(=O)(O)=S)c(CCOc2ccccc2)c1. The standard InChI is InChI=1S/C15H16O3S2/c1-12-7-8-15(20(16,17)19)13(11-12)9-10-18-14-5-3-2-4-6-14/h2-8,11H,9-10H2,1H3,(H,16,17,19). The molecule has 2 aromatic carbocycles. The molecule has 1 unspecified atom stereocenters. The van der Waals surface area contributed by atoms with Crippen molar-refractivity contribution >= 4 is 20.0 Å². The van der Waals surface area contributed by atoms with Crippen LogP contribution in [0.25, 0.3) is 0 Å². The number of rotatable bonds is 5. The van der Waals surface area contributed by atoms with Crippen LogP contribution in [0.4, 0.5) is 0 Å². The van der Waals surface area contributed by atoms with Crippen LogP contribution in [0, 0.1) is 6.92 Å². The zero-order valence-corrected chi connectivity index (χ0v) is 12.7. The van der Waals surface area contributed by atoms with Gasteiger partial charge in [0.15, 0.2) is 8.77 Å². The molecule has 0 bridgehead atoms. The van der Waals surface area contributed by atoms with Gasteiger partial charge in [0, 0.05) is 17.6 Å². The predicted octanol–water partition coefficient (Wildman–Crippen LogP) is 3.19. The quantitative estimate of drug-likeness (QED) is 0.921. The summed E-state index contributed by atoms with van der Waals surface area (Å²) in [7, 11) is -3.37. The van der Waals surface area contributed by atoms with E-state index in [9.17, 15) is 8.76 Å². The van der Waals surface area contributed by atoms with Crippen LogP contribution in [0.5, 0.6) is 5.75 Å². The summed E-state index contributed by atoms with van der Waals surface area (Å²) in [5, 5.41) is 0. The van der Waals surface area contributed by atoms with Crippen molar-refractivity contribution in [1.29, 1.82) is 0 Å². The summed E-state index contributed by atoms with van der Waals surface area (Å²) in [5.41, 5.74) is 1.80. The van der Waals surface area contributed by atoms with Crippen LogP contribution < -0.4 is 4.74 Å². The molecule has 2 rings (SSSR count). The lowest BCUT2D eigenvalue weighted by Crippen LogP contribution is -2.07. The summed E-state index contributed by atoms with van der Waals surface area (Å²) in [4.78, 5) is 0.315. The van der Waals surface area contributed by atoms with E-state index in [0.717, 1.165) is 16.9 Å². The Bertz CT molecular complexity index is 680. The number of hydrogen-bond acceptors (Lipinski definition) is 3. The van der Waals surface area contributed by atoms with Gasteiger partial charge in [0.05, 0.1) is 11.5 Å². The highest BCUT2D eigenvalue weighted by Gasteiger charge is 2.12. The summed E-state index contributed by atoms with van der Waals surface area (Å²) < 4.78 is 26.9. The smallest absolute Gasteiger partial charge is 0.171 e. The van der Waals surface area contributed by atoms with Crippen LogP contribution in [-0.4, -0.2) is 15.4 Å². The maximum Gasteiger partial charge on any atom is 0.171 e. The van der Waals surface area contributed by atoms with Gasteiger partial charge in [-0.25, -0.2) is 4.21 Å². The van der Waals surface area contributed by atoms with E-state index >= 15 is 0 Å². The molecule has 0 spiro atoms. The van der Waals surface area contributed by atoms with Crippen molar-refractivity contribution in [1.82, 2.24) is 0 Å². The Hall–Kier alpha value is -1.43. The van der Waals surface area contributed by atoms with Gasteiger partial charge < -0.3 is 9.29 Å². The third kappa shape index (κ3) is 4.03. The molecule has 2 aromatic rings. The Labute approximate surface area is 124 Å². The minimum absolute atomic E-state index is 0.315. The van der Waals surface area contributed by atoms with E-state index in [1.165, 1.54) is 0 Å². The average molecular weight is 308 g/mol. The summed E-state index contributed by atoms with van der Waals surface area (Å²) in [5.74, 6) is 0.782. The number of para-hydroxylation sites is 1. The molecular formula is C15H16O3S2. The zero-order chi connectivity index (χ0) is 14.6. The van der Waals surface area contributed by atoms with Crippen LogP contribution in [0.1, 0.15) is 11.1 Å². The molecule has 0 heterocycles. The normalized spacial score (nSPS) is 13.7. The van der Waals surface area contributed by atoms with Gasteiger partial charge in [-0.1, -0.05) is 35.9 Å². The molecule has 3 nitrogen and oxygen atoms in total. The highest BCUT2D eigenvalue weighted by Crippen LogP contribution is 2.19. The topological polar surface area (TPSA) is 46.5 Å². The van der Waals surface area contributed by atoms with Crippen molar-refractivity contribution in [3.63, 3.8) is 0 Å². The van der Waals surface area contributed by atoms with Crippen LogP contribution in [-0.2, 0) is 26.4 Å². The lowest BCUT2D eigenvalue weighted by Gasteiger charge is -2.11. The minimum Gasteiger partial charge on any atom is -0.493 e. The van der Waals surface area contributed by atoms with Crippen LogP contribution >= 0.6 is 0 Å². The molecule has 0 aliphatic carbocycles. The molecule has 0 amide bonds. The number of ether oxygens (including phenoxy) is 1. The van der Waals surface area contributed by atoms with E-state index in [4.69, 9.17) is 4.74 Å². The van der Waals surface area contributed by atoms with Crippen molar-refractivity contribution in [3.8, 4) is 5.75 Å². The van der Waals surface area contributed by atoms with Crippen LogP contribution in [0.15, 0.2) is 53.4 Å². The molecule has 0 radical (unpaired) electrons. The molecule has 1 atom stereocenters. The van der Waals surface area contributed by atoms with Gasteiger partial charge in [0.25, 0.3) is 0 Å². The maximum atomic E-state index is 11.7. The highest BCUT2D eigenvalue weighted by atomic mass is 32.8. The van der Waals surface area contributed by atoms with Gasteiger partial charge in [-0.2, -0.15) is 0 Å². The van der Waals surface area contributed by atoms with E-state index in [2.05, 4.69) is 11.2 Å². The monoisotopic (exact) mass is 308 g/mol. The second-order valence-electron chi connectivity index (χ2n) is 4.50. The minimum atomic E-state index is -3.37. The molecule has 106 valence electrons. The second-order valence-corrected chi connectivity index (χ2v) is 7.24. The molecule has 0 fully saturated rings. The molecule has 0 aliphatic heterocycles. The first-order chi connectivity index (χ1) is 9.47. The molecule has 0 aromatic heterocycles. The molecule has 20 heavy (non-hydrogen) atoms. The maximum absolute atomic E-state index is 11.7. The fourth-order valence-electron chi connectivity index (χ4n) is 1.95. The number of benzene rings is 2. The van der Waals surface area contributed by atoms with Crippen molar-refractivity contribution in [2.24, 2.45) is 0 Å². The van der Waals surface area contributed by atoms with Gasteiger partial charge >= 0.3 is 0 Å². The summed E-state index contributed by atoms with van der Waals surface area (Å²) in [6.45, 7) is 2.37. The summed E-state index contributed by atoms with van der Waals surface area (Å²) in [6.07, 6.45) is 0.542. The number of hydrogen-bond donors (Lipinski definition) is 1. The molecule has 0 saturated carbocycles. The molecule has 5 heteroatoms. The van der Waals surface area contributed by atoms with Crippen LogP contribution in [0.2, 0.25) is 0 Å². The molecular weight excluding hydrogens is 292 g/mol. The zero-order valence-electron chi connectivity index (χ0n) is 11.1. The first-order valence-electron chi connectivity index (χ1n) is 6.22. The second kappa shape index (κ2) is 6.35. The van der Waals surface area contributed by atoms with Crippen molar-refractivity contribution in [2.75, 3.05) is 6.61 Å². The van der Waals surface area contributed by atoms with Gasteiger partial charge in [-0.15, -0.1) is 0 Å². The van der Waals surface area contributed by atoms with Crippen molar-refractivity contribution < 1.29 is 13.5 Å². The first-order valence-corrected chi connectivity index (χ1v) is 8.66. The summed E-state index contributed by atoms with van der Waals surface area (Å²) in [6, 6.07) is 14.8. The Balaban J connectivity index is 2.11. The van der Waals surface area contributed by atoms with E-state index in [1.54, 1.807) is 12.1 Å². The first kappa shape index (κ1) is 15.0. The van der Waals surface area contributed by atoms with E-state index in [0.29, 0.717) is 17.9 Å². The summed E-state index contributed by atoms with van der Waals surface area (Å²) >= 11 is 4.67. The Morgan fingerprint density at radius 2 is 1.90 bits per heavy atom. The van der Waals surface area contributed by atoms with Gasteiger partial charge in [0.2, 0.25) is 0 Å².